The van der Waals surface area contributed by atoms with Gasteiger partial charge in [-0.05, 0) is 43.4 Å². The summed E-state index contributed by atoms with van der Waals surface area (Å²) < 4.78 is 1.09. The zero-order chi connectivity index (χ0) is 12.3. The van der Waals surface area contributed by atoms with Gasteiger partial charge in [-0.3, -0.25) is 0 Å². The van der Waals surface area contributed by atoms with Gasteiger partial charge in [0, 0.05) is 22.1 Å². The maximum absolute atomic E-state index is 5.93. The maximum atomic E-state index is 5.93. The molecule has 2 rings (SSSR count). The molecule has 0 saturated heterocycles. The monoisotopic (exact) mass is 315 g/mol. The van der Waals surface area contributed by atoms with Crippen LogP contribution in [0.15, 0.2) is 22.7 Å². The Bertz CT molecular complexity index is 374. The van der Waals surface area contributed by atoms with Crippen molar-refractivity contribution in [2.75, 3.05) is 0 Å². The molecule has 0 amide bonds. The van der Waals surface area contributed by atoms with Gasteiger partial charge < -0.3 is 5.32 Å². The van der Waals surface area contributed by atoms with Gasteiger partial charge in [0.25, 0.3) is 0 Å². The highest BCUT2D eigenvalue weighted by atomic mass is 79.9. The lowest BCUT2D eigenvalue weighted by atomic mass is 9.99. The van der Waals surface area contributed by atoms with Crippen LogP contribution in [0.5, 0.6) is 0 Å². The van der Waals surface area contributed by atoms with E-state index in [2.05, 4.69) is 34.2 Å². The third-order valence-electron chi connectivity index (χ3n) is 3.74. The van der Waals surface area contributed by atoms with Crippen LogP contribution in [0.1, 0.15) is 38.2 Å². The first-order valence-corrected chi connectivity index (χ1v) is 7.51. The highest BCUT2D eigenvalue weighted by molar-refractivity contribution is 9.10. The zero-order valence-electron chi connectivity index (χ0n) is 10.2. The summed E-state index contributed by atoms with van der Waals surface area (Å²) in [7, 11) is 0. The molecule has 0 aromatic heterocycles. The fraction of sp³-hybridized carbons (Fsp3) is 0.571. The molecule has 0 spiro atoms. The Morgan fingerprint density at radius 1 is 1.41 bits per heavy atom. The number of hydrogen-bond donors (Lipinski definition) is 1. The van der Waals surface area contributed by atoms with Crippen molar-refractivity contribution in [2.45, 2.75) is 45.2 Å². The second kappa shape index (κ2) is 6.21. The summed E-state index contributed by atoms with van der Waals surface area (Å²) in [5.74, 6) is 0.862. The SMILES string of the molecule is C[C@@H](NCc1ccc(Cl)cc1Br)C1CCCC1. The van der Waals surface area contributed by atoms with Crippen LogP contribution in [-0.2, 0) is 6.54 Å². The molecular weight excluding hydrogens is 298 g/mol. The smallest absolute Gasteiger partial charge is 0.0417 e. The highest BCUT2D eigenvalue weighted by Gasteiger charge is 2.20. The van der Waals surface area contributed by atoms with Gasteiger partial charge in [0.1, 0.15) is 0 Å². The normalized spacial score (nSPS) is 18.5. The van der Waals surface area contributed by atoms with Gasteiger partial charge in [-0.15, -0.1) is 0 Å². The lowest BCUT2D eigenvalue weighted by molar-refractivity contribution is 0.380. The lowest BCUT2D eigenvalue weighted by Crippen LogP contribution is -2.31. The van der Waals surface area contributed by atoms with Crippen LogP contribution in [0, 0.1) is 5.92 Å². The predicted molar refractivity (Wildman–Crippen MR) is 77.4 cm³/mol. The summed E-state index contributed by atoms with van der Waals surface area (Å²) >= 11 is 9.49. The fourth-order valence-corrected chi connectivity index (χ4v) is 3.38. The fourth-order valence-electron chi connectivity index (χ4n) is 2.56. The molecule has 0 bridgehead atoms. The largest absolute Gasteiger partial charge is 0.310 e. The van der Waals surface area contributed by atoms with Crippen LogP contribution in [-0.4, -0.2) is 6.04 Å². The molecule has 0 heterocycles. The van der Waals surface area contributed by atoms with Crippen molar-refractivity contribution in [3.8, 4) is 0 Å². The van der Waals surface area contributed by atoms with E-state index in [1.54, 1.807) is 0 Å². The second-order valence-corrected chi connectivity index (χ2v) is 6.24. The van der Waals surface area contributed by atoms with E-state index in [1.807, 2.05) is 12.1 Å². The van der Waals surface area contributed by atoms with E-state index in [0.29, 0.717) is 6.04 Å². The molecule has 1 aromatic rings. The molecular formula is C14H19BrClN. The van der Waals surface area contributed by atoms with Crippen molar-refractivity contribution in [1.29, 1.82) is 0 Å². The molecule has 0 aliphatic heterocycles. The number of rotatable bonds is 4. The standard InChI is InChI=1S/C14H19BrClN/c1-10(11-4-2-3-5-11)17-9-12-6-7-13(16)8-14(12)15/h6-8,10-11,17H,2-5,9H2,1H3/t10-/m1/s1. The minimum atomic E-state index is 0.611. The molecule has 0 unspecified atom stereocenters. The molecule has 1 N–H and O–H groups in total. The summed E-state index contributed by atoms with van der Waals surface area (Å²) in [5.41, 5.74) is 1.28. The topological polar surface area (TPSA) is 12.0 Å². The predicted octanol–water partition coefficient (Wildman–Crippen LogP) is 4.77. The van der Waals surface area contributed by atoms with E-state index in [-0.39, 0.29) is 0 Å². The first-order chi connectivity index (χ1) is 8.16. The molecule has 1 aromatic carbocycles. The Balaban J connectivity index is 1.88. The summed E-state index contributed by atoms with van der Waals surface area (Å²) in [6.45, 7) is 3.22. The minimum absolute atomic E-state index is 0.611. The van der Waals surface area contributed by atoms with Crippen LogP contribution in [0.2, 0.25) is 5.02 Å². The molecule has 3 heteroatoms. The third kappa shape index (κ3) is 3.70. The van der Waals surface area contributed by atoms with E-state index in [4.69, 9.17) is 11.6 Å². The summed E-state index contributed by atoms with van der Waals surface area (Å²) in [6.07, 6.45) is 5.58. The summed E-state index contributed by atoms with van der Waals surface area (Å²) in [6, 6.07) is 6.60. The highest BCUT2D eigenvalue weighted by Crippen LogP contribution is 2.28. The molecule has 1 fully saturated rings. The molecule has 1 saturated carbocycles. The summed E-state index contributed by atoms with van der Waals surface area (Å²) in [5, 5.41) is 4.41. The molecule has 1 atom stereocenters. The Morgan fingerprint density at radius 3 is 2.76 bits per heavy atom. The molecule has 1 aliphatic carbocycles. The average molecular weight is 317 g/mol. The number of benzene rings is 1. The number of halogens is 2. The zero-order valence-corrected chi connectivity index (χ0v) is 12.5. The quantitative estimate of drug-likeness (QED) is 0.843. The van der Waals surface area contributed by atoms with Gasteiger partial charge in [-0.25, -0.2) is 0 Å². The molecule has 94 valence electrons. The Labute approximate surface area is 117 Å². The van der Waals surface area contributed by atoms with Gasteiger partial charge in [-0.1, -0.05) is 46.4 Å². The van der Waals surface area contributed by atoms with E-state index < -0.39 is 0 Å². The first kappa shape index (κ1) is 13.4. The Morgan fingerprint density at radius 2 is 2.12 bits per heavy atom. The van der Waals surface area contributed by atoms with Crippen LogP contribution in [0.4, 0.5) is 0 Å². The van der Waals surface area contributed by atoms with Crippen molar-refractivity contribution in [3.63, 3.8) is 0 Å². The average Bonchev–Trinajstić information content (AvgIpc) is 2.81. The van der Waals surface area contributed by atoms with E-state index >= 15 is 0 Å². The van der Waals surface area contributed by atoms with Gasteiger partial charge in [0.05, 0.1) is 0 Å². The van der Waals surface area contributed by atoms with Crippen molar-refractivity contribution < 1.29 is 0 Å². The van der Waals surface area contributed by atoms with E-state index in [0.717, 1.165) is 22.0 Å². The lowest BCUT2D eigenvalue weighted by Gasteiger charge is -2.20. The number of nitrogens with one attached hydrogen (secondary N) is 1. The third-order valence-corrected chi connectivity index (χ3v) is 4.71. The second-order valence-electron chi connectivity index (χ2n) is 4.95. The summed E-state index contributed by atoms with van der Waals surface area (Å²) in [4.78, 5) is 0. The van der Waals surface area contributed by atoms with Gasteiger partial charge in [0.2, 0.25) is 0 Å². The van der Waals surface area contributed by atoms with Crippen LogP contribution in [0.3, 0.4) is 0 Å². The minimum Gasteiger partial charge on any atom is -0.310 e. The maximum Gasteiger partial charge on any atom is 0.0417 e. The Kier molecular flexibility index (Phi) is 4.89. The molecule has 1 nitrogen and oxygen atoms in total. The van der Waals surface area contributed by atoms with E-state index in [1.165, 1.54) is 31.2 Å². The van der Waals surface area contributed by atoms with Crippen molar-refractivity contribution in [2.24, 2.45) is 5.92 Å². The molecule has 1 aliphatic rings. The number of hydrogen-bond acceptors (Lipinski definition) is 1. The van der Waals surface area contributed by atoms with Crippen molar-refractivity contribution >= 4 is 27.5 Å². The first-order valence-electron chi connectivity index (χ1n) is 6.34. The van der Waals surface area contributed by atoms with Gasteiger partial charge in [0.15, 0.2) is 0 Å². The van der Waals surface area contributed by atoms with E-state index in [9.17, 15) is 0 Å². The van der Waals surface area contributed by atoms with Gasteiger partial charge in [-0.2, -0.15) is 0 Å². The Hall–Kier alpha value is -0.0500. The van der Waals surface area contributed by atoms with Crippen molar-refractivity contribution in [1.82, 2.24) is 5.32 Å². The molecule has 0 radical (unpaired) electrons. The van der Waals surface area contributed by atoms with Crippen LogP contribution >= 0.6 is 27.5 Å². The van der Waals surface area contributed by atoms with Crippen molar-refractivity contribution in [3.05, 3.63) is 33.3 Å². The molecule has 17 heavy (non-hydrogen) atoms. The van der Waals surface area contributed by atoms with Crippen LogP contribution < -0.4 is 5.32 Å². The van der Waals surface area contributed by atoms with Gasteiger partial charge >= 0.3 is 0 Å². The van der Waals surface area contributed by atoms with Crippen LogP contribution in [0.25, 0.3) is 0 Å².